The molecule has 0 radical (unpaired) electrons. The zero-order valence-electron chi connectivity index (χ0n) is 36.0. The van der Waals surface area contributed by atoms with Crippen LogP contribution in [0, 0.1) is 5.92 Å². The summed E-state index contributed by atoms with van der Waals surface area (Å²) in [6, 6.07) is 77.9. The summed E-state index contributed by atoms with van der Waals surface area (Å²) < 4.78 is 9.61. The van der Waals surface area contributed by atoms with E-state index in [2.05, 4.69) is 241 Å². The molecule has 0 aliphatic heterocycles. The van der Waals surface area contributed by atoms with Gasteiger partial charge in [-0.1, -0.05) is 200 Å². The maximum atomic E-state index is 7.19. The second-order valence-corrected chi connectivity index (χ2v) is 17.8. The normalized spacial score (nSPS) is 15.7. The fraction of sp³-hybridized carbons (Fsp3) is 0.0312. The molecule has 2 aromatic heterocycles. The first kappa shape index (κ1) is 37.0. The minimum atomic E-state index is 0.0452. The fourth-order valence-corrected chi connectivity index (χ4v) is 11.7. The van der Waals surface area contributed by atoms with Gasteiger partial charge in [-0.05, 0) is 108 Å². The van der Waals surface area contributed by atoms with Crippen LogP contribution in [-0.2, 0) is 0 Å². The van der Waals surface area contributed by atoms with Crippen molar-refractivity contribution in [2.75, 3.05) is 0 Å². The monoisotopic (exact) mass is 839 g/mol. The number of rotatable bonds is 5. The van der Waals surface area contributed by atoms with Gasteiger partial charge in [0.25, 0.3) is 0 Å². The average Bonchev–Trinajstić information content (AvgIpc) is 3.93. The molecule has 0 spiro atoms. The maximum absolute atomic E-state index is 7.19. The van der Waals surface area contributed by atoms with E-state index in [1.807, 2.05) is 0 Å². The van der Waals surface area contributed by atoms with Gasteiger partial charge >= 0.3 is 0 Å². The van der Waals surface area contributed by atoms with E-state index in [1.54, 1.807) is 0 Å². The van der Waals surface area contributed by atoms with E-state index < -0.39 is 0 Å². The van der Waals surface area contributed by atoms with Crippen LogP contribution in [0.25, 0.3) is 98.8 Å². The Labute approximate surface area is 382 Å². The van der Waals surface area contributed by atoms with Gasteiger partial charge in [0.1, 0.15) is 11.2 Å². The Kier molecular flexibility index (Phi) is 8.14. The number of hydrogen-bond acceptors (Lipinski definition) is 1. The molecule has 2 heteroatoms. The molecule has 308 valence electrons. The van der Waals surface area contributed by atoms with Crippen LogP contribution < -0.4 is 0 Å². The number of fused-ring (bicyclic) bond motifs is 10. The SMILES string of the molecule is C1=CC2=C(c3cccc(-n4c5ccccc5c5ccccc54)c3)c3ccccc3C(c3cccc4c3oc3cc(-c5c6ccccc6c(-c6ccccc6)c6ccccc56)ccc34)C2C=C1. The van der Waals surface area contributed by atoms with Crippen LogP contribution in [0.1, 0.15) is 28.2 Å². The van der Waals surface area contributed by atoms with Crippen molar-refractivity contribution in [1.82, 2.24) is 4.57 Å². The molecule has 66 heavy (non-hydrogen) atoms. The van der Waals surface area contributed by atoms with Gasteiger partial charge in [0.2, 0.25) is 0 Å². The Morgan fingerprint density at radius 3 is 1.70 bits per heavy atom. The van der Waals surface area contributed by atoms with Crippen LogP contribution in [0.5, 0.6) is 0 Å². The van der Waals surface area contributed by atoms with Crippen LogP contribution in [0.3, 0.4) is 0 Å². The Hall–Kier alpha value is -8.46. The van der Waals surface area contributed by atoms with Crippen molar-refractivity contribution in [3.8, 4) is 27.9 Å². The van der Waals surface area contributed by atoms with Crippen molar-refractivity contribution in [2.45, 2.75) is 5.92 Å². The standard InChI is InChI=1S/C64H41NO/c1-2-18-40(19-3-1)60-47-24-4-6-26-49(47)62(50-27-7-5-25-48(50)60)42-36-37-46-55-32-17-33-56(64(55)66-59(46)39-42)63-53-30-10-8-28-51(53)61(52-29-9-11-31-54(52)63)41-20-16-21-43(38-41)65-57-34-14-12-22-44(57)45-23-13-15-35-58(45)65/h1-39,53,63H. The average molecular weight is 840 g/mol. The van der Waals surface area contributed by atoms with E-state index in [4.69, 9.17) is 4.42 Å². The third-order valence-corrected chi connectivity index (χ3v) is 14.4. The van der Waals surface area contributed by atoms with E-state index >= 15 is 0 Å². The molecule has 0 saturated carbocycles. The third kappa shape index (κ3) is 5.42. The Bertz CT molecular complexity index is 3950. The number of hydrogen-bond donors (Lipinski definition) is 0. The molecular weight excluding hydrogens is 799 g/mol. The van der Waals surface area contributed by atoms with Crippen LogP contribution in [0.4, 0.5) is 0 Å². The number of allylic oxidation sites excluding steroid dienone is 5. The molecule has 2 unspecified atom stereocenters. The lowest BCUT2D eigenvalue weighted by Gasteiger charge is -2.36. The minimum Gasteiger partial charge on any atom is -0.456 e. The number of aromatic nitrogens is 1. The number of para-hydroxylation sites is 3. The molecule has 2 nitrogen and oxygen atoms in total. The fourth-order valence-electron chi connectivity index (χ4n) is 11.7. The Morgan fingerprint density at radius 2 is 0.970 bits per heavy atom. The van der Waals surface area contributed by atoms with E-state index in [1.165, 1.54) is 93.4 Å². The Balaban J connectivity index is 0.931. The summed E-state index contributed by atoms with van der Waals surface area (Å²) in [5.74, 6) is 0.149. The van der Waals surface area contributed by atoms with Gasteiger partial charge < -0.3 is 8.98 Å². The number of furan rings is 1. The molecule has 0 saturated heterocycles. The van der Waals surface area contributed by atoms with Crippen LogP contribution >= 0.6 is 0 Å². The second kappa shape index (κ2) is 14.5. The van der Waals surface area contributed by atoms with Crippen molar-refractivity contribution in [1.29, 1.82) is 0 Å². The molecule has 2 aliphatic carbocycles. The van der Waals surface area contributed by atoms with Crippen molar-refractivity contribution < 1.29 is 4.42 Å². The Morgan fingerprint density at radius 1 is 0.394 bits per heavy atom. The van der Waals surface area contributed by atoms with Crippen molar-refractivity contribution >= 4 is 70.9 Å². The molecule has 2 atom stereocenters. The quantitative estimate of drug-likeness (QED) is 0.158. The van der Waals surface area contributed by atoms with Crippen LogP contribution in [0.15, 0.2) is 247 Å². The predicted molar refractivity (Wildman–Crippen MR) is 276 cm³/mol. The molecule has 0 amide bonds. The molecule has 14 rings (SSSR count). The zero-order valence-corrected chi connectivity index (χ0v) is 36.0. The van der Waals surface area contributed by atoms with Gasteiger partial charge in [-0.15, -0.1) is 0 Å². The first-order chi connectivity index (χ1) is 32.8. The van der Waals surface area contributed by atoms with Crippen LogP contribution in [0.2, 0.25) is 0 Å². The molecule has 12 aromatic rings. The smallest absolute Gasteiger partial charge is 0.139 e. The summed E-state index contributed by atoms with van der Waals surface area (Å²) in [4.78, 5) is 0. The lowest BCUT2D eigenvalue weighted by Crippen LogP contribution is -2.23. The topological polar surface area (TPSA) is 18.1 Å². The van der Waals surface area contributed by atoms with Gasteiger partial charge in [-0.2, -0.15) is 0 Å². The highest BCUT2D eigenvalue weighted by atomic mass is 16.3. The summed E-state index contributed by atoms with van der Waals surface area (Å²) in [5, 5.41) is 9.77. The summed E-state index contributed by atoms with van der Waals surface area (Å²) >= 11 is 0. The summed E-state index contributed by atoms with van der Waals surface area (Å²) in [5.41, 5.74) is 17.9. The van der Waals surface area contributed by atoms with Crippen molar-refractivity contribution in [3.63, 3.8) is 0 Å². The largest absolute Gasteiger partial charge is 0.456 e. The van der Waals surface area contributed by atoms with Gasteiger partial charge in [0, 0.05) is 44.6 Å². The molecule has 10 aromatic carbocycles. The van der Waals surface area contributed by atoms with E-state index in [9.17, 15) is 0 Å². The van der Waals surface area contributed by atoms with Gasteiger partial charge in [-0.25, -0.2) is 0 Å². The van der Waals surface area contributed by atoms with E-state index in [-0.39, 0.29) is 11.8 Å². The minimum absolute atomic E-state index is 0.0452. The molecule has 0 fully saturated rings. The highest BCUT2D eigenvalue weighted by molar-refractivity contribution is 6.22. The van der Waals surface area contributed by atoms with Gasteiger partial charge in [0.15, 0.2) is 0 Å². The molecular formula is C64H41NO. The predicted octanol–water partition coefficient (Wildman–Crippen LogP) is 17.0. The van der Waals surface area contributed by atoms with Crippen molar-refractivity contribution in [3.05, 3.63) is 264 Å². The second-order valence-electron chi connectivity index (χ2n) is 17.8. The van der Waals surface area contributed by atoms with Crippen LogP contribution in [-0.4, -0.2) is 4.57 Å². The first-order valence-corrected chi connectivity index (χ1v) is 23.0. The molecule has 2 heterocycles. The van der Waals surface area contributed by atoms with Crippen molar-refractivity contribution in [2.24, 2.45) is 5.92 Å². The maximum Gasteiger partial charge on any atom is 0.139 e. The summed E-state index contributed by atoms with van der Waals surface area (Å²) in [6.07, 6.45) is 9.18. The molecule has 0 N–H and O–H groups in total. The van der Waals surface area contributed by atoms with Gasteiger partial charge in [0.05, 0.1) is 11.0 Å². The van der Waals surface area contributed by atoms with E-state index in [0.29, 0.717) is 0 Å². The molecule has 2 aliphatic rings. The third-order valence-electron chi connectivity index (χ3n) is 14.4. The first-order valence-electron chi connectivity index (χ1n) is 23.0. The van der Waals surface area contributed by atoms with Gasteiger partial charge in [-0.3, -0.25) is 0 Å². The number of benzene rings is 10. The highest BCUT2D eigenvalue weighted by Gasteiger charge is 2.37. The lowest BCUT2D eigenvalue weighted by atomic mass is 9.66. The number of nitrogens with zero attached hydrogens (tertiary/aromatic N) is 1. The summed E-state index contributed by atoms with van der Waals surface area (Å²) in [6.45, 7) is 0. The summed E-state index contributed by atoms with van der Waals surface area (Å²) in [7, 11) is 0. The zero-order chi connectivity index (χ0) is 43.3. The van der Waals surface area contributed by atoms with E-state index in [0.717, 1.165) is 33.2 Å². The molecule has 0 bridgehead atoms. The lowest BCUT2D eigenvalue weighted by molar-refractivity contribution is 0.619. The highest BCUT2D eigenvalue weighted by Crippen LogP contribution is 2.53.